The molecule has 0 aliphatic rings. The zero-order valence-electron chi connectivity index (χ0n) is 11.0. The number of rotatable bonds is 7. The third-order valence-corrected chi connectivity index (χ3v) is 3.29. The summed E-state index contributed by atoms with van der Waals surface area (Å²) in [5.74, 6) is 0.879. The van der Waals surface area contributed by atoms with Gasteiger partial charge in [-0.05, 0) is 43.7 Å². The predicted octanol–water partition coefficient (Wildman–Crippen LogP) is 2.44. The first-order chi connectivity index (χ1) is 8.67. The molecule has 0 aliphatic heterocycles. The number of benzene rings is 1. The topological polar surface area (TPSA) is 49.3 Å². The lowest BCUT2D eigenvalue weighted by Crippen LogP contribution is -2.32. The minimum Gasteiger partial charge on any atom is -0.396 e. The number of nitrogens with one attached hydrogen (secondary N) is 1. The SMILES string of the molecule is CSCc1cccc(C(=O)NC(C)CCCO)c1. The van der Waals surface area contributed by atoms with Gasteiger partial charge in [-0.3, -0.25) is 4.79 Å². The van der Waals surface area contributed by atoms with Crippen molar-refractivity contribution < 1.29 is 9.90 Å². The molecule has 0 heterocycles. The maximum Gasteiger partial charge on any atom is 0.251 e. The maximum absolute atomic E-state index is 12.0. The van der Waals surface area contributed by atoms with Crippen molar-refractivity contribution in [1.82, 2.24) is 5.32 Å². The molecule has 0 aromatic heterocycles. The molecule has 1 aromatic rings. The Morgan fingerprint density at radius 2 is 2.28 bits per heavy atom. The van der Waals surface area contributed by atoms with Crippen LogP contribution in [0.3, 0.4) is 0 Å². The zero-order chi connectivity index (χ0) is 13.4. The number of carbonyl (C=O) groups is 1. The Morgan fingerprint density at radius 3 is 2.94 bits per heavy atom. The summed E-state index contributed by atoms with van der Waals surface area (Å²) in [6.45, 7) is 2.13. The molecule has 2 N–H and O–H groups in total. The third-order valence-electron chi connectivity index (χ3n) is 2.67. The summed E-state index contributed by atoms with van der Waals surface area (Å²) in [6.07, 6.45) is 3.56. The number of thioether (sulfide) groups is 1. The molecule has 1 aromatic carbocycles. The first-order valence-corrected chi connectivity index (χ1v) is 7.56. The Bertz CT molecular complexity index is 382. The van der Waals surface area contributed by atoms with E-state index in [-0.39, 0.29) is 18.6 Å². The average molecular weight is 267 g/mol. The van der Waals surface area contributed by atoms with Crippen molar-refractivity contribution in [2.45, 2.75) is 31.6 Å². The summed E-state index contributed by atoms with van der Waals surface area (Å²) in [6, 6.07) is 7.80. The van der Waals surface area contributed by atoms with Gasteiger partial charge in [-0.15, -0.1) is 0 Å². The van der Waals surface area contributed by atoms with Gasteiger partial charge >= 0.3 is 0 Å². The van der Waals surface area contributed by atoms with Gasteiger partial charge in [-0.1, -0.05) is 12.1 Å². The normalized spacial score (nSPS) is 12.2. The molecule has 1 amide bonds. The second-order valence-electron chi connectivity index (χ2n) is 4.37. The second-order valence-corrected chi connectivity index (χ2v) is 5.24. The Balaban J connectivity index is 2.57. The number of carbonyl (C=O) groups excluding carboxylic acids is 1. The molecule has 3 nitrogen and oxygen atoms in total. The van der Waals surface area contributed by atoms with Gasteiger partial charge in [0.15, 0.2) is 0 Å². The maximum atomic E-state index is 12.0. The molecule has 4 heteroatoms. The Morgan fingerprint density at radius 1 is 1.50 bits per heavy atom. The summed E-state index contributed by atoms with van der Waals surface area (Å²) in [5.41, 5.74) is 1.87. The standard InChI is InChI=1S/C14H21NO2S/c1-11(5-4-8-16)15-14(17)13-7-3-6-12(9-13)10-18-2/h3,6-7,9,11,16H,4-5,8,10H2,1-2H3,(H,15,17). The van der Waals surface area contributed by atoms with E-state index in [9.17, 15) is 4.79 Å². The fourth-order valence-electron chi connectivity index (χ4n) is 1.75. The molecule has 1 rings (SSSR count). The Hall–Kier alpha value is -1.00. The third kappa shape index (κ3) is 5.10. The zero-order valence-corrected chi connectivity index (χ0v) is 11.8. The number of amides is 1. The molecular formula is C14H21NO2S. The van der Waals surface area contributed by atoms with Crippen molar-refractivity contribution in [3.05, 3.63) is 35.4 Å². The smallest absolute Gasteiger partial charge is 0.251 e. The number of hydrogen-bond donors (Lipinski definition) is 2. The van der Waals surface area contributed by atoms with Crippen LogP contribution in [0, 0.1) is 0 Å². The van der Waals surface area contributed by atoms with Crippen molar-refractivity contribution in [1.29, 1.82) is 0 Å². The molecule has 1 atom stereocenters. The molecule has 0 spiro atoms. The van der Waals surface area contributed by atoms with Gasteiger partial charge in [0.25, 0.3) is 5.91 Å². The fraction of sp³-hybridized carbons (Fsp3) is 0.500. The van der Waals surface area contributed by atoms with Gasteiger partial charge < -0.3 is 10.4 Å². The van der Waals surface area contributed by atoms with Crippen molar-refractivity contribution in [3.63, 3.8) is 0 Å². The summed E-state index contributed by atoms with van der Waals surface area (Å²) >= 11 is 1.74. The van der Waals surface area contributed by atoms with Gasteiger partial charge in [0.05, 0.1) is 0 Å². The van der Waals surface area contributed by atoms with E-state index in [1.165, 1.54) is 0 Å². The van der Waals surface area contributed by atoms with Crippen molar-refractivity contribution >= 4 is 17.7 Å². The Labute approximate surface area is 113 Å². The van der Waals surface area contributed by atoms with Crippen molar-refractivity contribution in [2.24, 2.45) is 0 Å². The largest absolute Gasteiger partial charge is 0.396 e. The van der Waals surface area contributed by atoms with Crippen LogP contribution < -0.4 is 5.32 Å². The van der Waals surface area contributed by atoms with Crippen LogP contribution in [-0.2, 0) is 5.75 Å². The van der Waals surface area contributed by atoms with Crippen LogP contribution in [0.25, 0.3) is 0 Å². The van der Waals surface area contributed by atoms with Crippen LogP contribution in [0.2, 0.25) is 0 Å². The predicted molar refractivity (Wildman–Crippen MR) is 76.9 cm³/mol. The molecule has 100 valence electrons. The second kappa shape index (κ2) is 8.16. The number of aliphatic hydroxyl groups is 1. The molecule has 0 aliphatic carbocycles. The van der Waals surface area contributed by atoms with Crippen molar-refractivity contribution in [2.75, 3.05) is 12.9 Å². The van der Waals surface area contributed by atoms with Gasteiger partial charge in [0.2, 0.25) is 0 Å². The van der Waals surface area contributed by atoms with Gasteiger partial charge in [-0.25, -0.2) is 0 Å². The molecule has 18 heavy (non-hydrogen) atoms. The average Bonchev–Trinajstić information content (AvgIpc) is 2.37. The van der Waals surface area contributed by atoms with Crippen LogP contribution in [0.5, 0.6) is 0 Å². The van der Waals surface area contributed by atoms with E-state index in [0.717, 1.165) is 17.7 Å². The molecule has 0 fully saturated rings. The lowest BCUT2D eigenvalue weighted by atomic mass is 10.1. The van der Waals surface area contributed by atoms with Gasteiger partial charge in [0.1, 0.15) is 0 Å². The van der Waals surface area contributed by atoms with Gasteiger partial charge in [-0.2, -0.15) is 11.8 Å². The van der Waals surface area contributed by atoms with Gasteiger partial charge in [0, 0.05) is 24.0 Å². The van der Waals surface area contributed by atoms with Crippen LogP contribution in [0.15, 0.2) is 24.3 Å². The number of hydrogen-bond acceptors (Lipinski definition) is 3. The lowest BCUT2D eigenvalue weighted by molar-refractivity contribution is 0.0936. The first kappa shape index (κ1) is 15.1. The summed E-state index contributed by atoms with van der Waals surface area (Å²) in [5, 5.41) is 11.7. The van der Waals surface area contributed by atoms with E-state index in [1.54, 1.807) is 11.8 Å². The van der Waals surface area contributed by atoms with Crippen LogP contribution in [0.4, 0.5) is 0 Å². The lowest BCUT2D eigenvalue weighted by Gasteiger charge is -2.13. The van der Waals surface area contributed by atoms with E-state index in [1.807, 2.05) is 37.4 Å². The highest BCUT2D eigenvalue weighted by molar-refractivity contribution is 7.97. The van der Waals surface area contributed by atoms with Crippen LogP contribution >= 0.6 is 11.8 Å². The van der Waals surface area contributed by atoms with E-state index < -0.39 is 0 Å². The van der Waals surface area contributed by atoms with Crippen molar-refractivity contribution in [3.8, 4) is 0 Å². The minimum atomic E-state index is -0.0385. The molecule has 0 saturated heterocycles. The monoisotopic (exact) mass is 267 g/mol. The summed E-state index contributed by atoms with van der Waals surface area (Å²) in [7, 11) is 0. The first-order valence-electron chi connectivity index (χ1n) is 6.17. The van der Waals surface area contributed by atoms with E-state index in [0.29, 0.717) is 12.0 Å². The highest BCUT2D eigenvalue weighted by atomic mass is 32.2. The Kier molecular flexibility index (Phi) is 6.83. The van der Waals surface area contributed by atoms with Crippen LogP contribution in [-0.4, -0.2) is 29.9 Å². The van der Waals surface area contributed by atoms with E-state index >= 15 is 0 Å². The quantitative estimate of drug-likeness (QED) is 0.798. The highest BCUT2D eigenvalue weighted by Crippen LogP contribution is 2.11. The molecule has 0 bridgehead atoms. The number of aliphatic hydroxyl groups excluding tert-OH is 1. The van der Waals surface area contributed by atoms with E-state index in [4.69, 9.17) is 5.11 Å². The highest BCUT2D eigenvalue weighted by Gasteiger charge is 2.09. The minimum absolute atomic E-state index is 0.0385. The molecule has 0 radical (unpaired) electrons. The van der Waals surface area contributed by atoms with Crippen LogP contribution in [0.1, 0.15) is 35.7 Å². The van der Waals surface area contributed by atoms with E-state index in [2.05, 4.69) is 5.32 Å². The summed E-state index contributed by atoms with van der Waals surface area (Å²) < 4.78 is 0. The molecular weight excluding hydrogens is 246 g/mol. The molecule has 1 unspecified atom stereocenters. The summed E-state index contributed by atoms with van der Waals surface area (Å²) in [4.78, 5) is 12.0. The fourth-order valence-corrected chi connectivity index (χ4v) is 2.26. The molecule has 0 saturated carbocycles.